The van der Waals surface area contributed by atoms with Crippen molar-refractivity contribution in [1.82, 2.24) is 4.98 Å². The van der Waals surface area contributed by atoms with Crippen molar-refractivity contribution in [3.63, 3.8) is 0 Å². The lowest BCUT2D eigenvalue weighted by atomic mass is 9.82. The molecule has 2 bridgehead atoms. The molecular weight excluding hydrogens is 292 g/mol. The number of aromatic nitrogens is 1. The first-order valence-corrected chi connectivity index (χ1v) is 7.68. The maximum absolute atomic E-state index is 12.6. The zero-order chi connectivity index (χ0) is 16.0. The minimum Gasteiger partial charge on any atom is -0.550 e. The van der Waals surface area contributed by atoms with E-state index in [0.717, 1.165) is 17.3 Å². The third-order valence-electron chi connectivity index (χ3n) is 4.90. The summed E-state index contributed by atoms with van der Waals surface area (Å²) in [6.07, 6.45) is 6.29. The third kappa shape index (κ3) is 2.29. The Morgan fingerprint density at radius 1 is 1.13 bits per heavy atom. The van der Waals surface area contributed by atoms with Gasteiger partial charge < -0.3 is 15.2 Å². The molecule has 1 fully saturated rings. The van der Waals surface area contributed by atoms with Crippen LogP contribution in [-0.4, -0.2) is 16.9 Å². The van der Waals surface area contributed by atoms with E-state index in [0.29, 0.717) is 5.69 Å². The molecule has 4 rings (SSSR count). The molecule has 1 aromatic heterocycles. The normalized spacial score (nSPS) is 28.2. The number of amides is 1. The van der Waals surface area contributed by atoms with Crippen molar-refractivity contribution in [2.45, 2.75) is 6.42 Å². The molecule has 0 spiro atoms. The Morgan fingerprint density at radius 3 is 2.70 bits per heavy atom. The van der Waals surface area contributed by atoms with Crippen molar-refractivity contribution in [3.8, 4) is 0 Å². The first-order valence-electron chi connectivity index (χ1n) is 7.68. The maximum atomic E-state index is 12.6. The molecule has 1 saturated carbocycles. The Hall–Kier alpha value is -2.69. The molecule has 1 aromatic carbocycles. The summed E-state index contributed by atoms with van der Waals surface area (Å²) in [6.45, 7) is 0. The van der Waals surface area contributed by atoms with Crippen LogP contribution in [0.2, 0.25) is 0 Å². The lowest BCUT2D eigenvalue weighted by Gasteiger charge is -2.27. The highest BCUT2D eigenvalue weighted by Gasteiger charge is 2.48. The average Bonchev–Trinajstić information content (AvgIpc) is 3.15. The van der Waals surface area contributed by atoms with Gasteiger partial charge in [0.15, 0.2) is 0 Å². The van der Waals surface area contributed by atoms with Crippen molar-refractivity contribution in [3.05, 3.63) is 48.7 Å². The van der Waals surface area contributed by atoms with Crippen LogP contribution in [0.15, 0.2) is 48.7 Å². The number of carbonyl (C=O) groups excluding carboxylic acids is 2. The molecule has 5 nitrogen and oxygen atoms in total. The molecule has 0 aliphatic heterocycles. The molecule has 5 heteroatoms. The molecule has 4 atom stereocenters. The molecule has 1 amide bonds. The quantitative estimate of drug-likeness (QED) is 0.868. The van der Waals surface area contributed by atoms with E-state index in [9.17, 15) is 14.7 Å². The highest BCUT2D eigenvalue weighted by atomic mass is 16.4. The number of carboxylic acids is 1. The van der Waals surface area contributed by atoms with Crippen molar-refractivity contribution < 1.29 is 14.7 Å². The second kappa shape index (κ2) is 5.19. The topological polar surface area (TPSA) is 82.1 Å². The van der Waals surface area contributed by atoms with Crippen LogP contribution in [0.25, 0.3) is 10.9 Å². The predicted octanol–water partition coefficient (Wildman–Crippen LogP) is 1.36. The smallest absolute Gasteiger partial charge is 0.228 e. The van der Waals surface area contributed by atoms with E-state index in [1.54, 1.807) is 12.3 Å². The molecule has 23 heavy (non-hydrogen) atoms. The molecule has 0 saturated heterocycles. The molecule has 116 valence electrons. The number of hydrogen-bond acceptors (Lipinski definition) is 4. The Morgan fingerprint density at radius 2 is 1.91 bits per heavy atom. The Bertz CT molecular complexity index is 830. The van der Waals surface area contributed by atoms with Gasteiger partial charge in [-0.15, -0.1) is 0 Å². The number of anilines is 1. The van der Waals surface area contributed by atoms with Gasteiger partial charge in [0.25, 0.3) is 0 Å². The molecule has 1 heterocycles. The fourth-order valence-electron chi connectivity index (χ4n) is 3.88. The van der Waals surface area contributed by atoms with E-state index in [1.807, 2.05) is 36.4 Å². The number of nitrogens with one attached hydrogen (secondary N) is 1. The minimum absolute atomic E-state index is 0.00924. The summed E-state index contributed by atoms with van der Waals surface area (Å²) in [7, 11) is 0. The second-order valence-electron chi connectivity index (χ2n) is 6.22. The van der Waals surface area contributed by atoms with Crippen molar-refractivity contribution in [2.24, 2.45) is 23.7 Å². The number of fused-ring (bicyclic) bond motifs is 3. The summed E-state index contributed by atoms with van der Waals surface area (Å²) in [5, 5.41) is 15.2. The second-order valence-corrected chi connectivity index (χ2v) is 6.22. The average molecular weight is 307 g/mol. The van der Waals surface area contributed by atoms with Crippen LogP contribution in [0.4, 0.5) is 5.69 Å². The van der Waals surface area contributed by atoms with Gasteiger partial charge in [0.05, 0.1) is 11.4 Å². The highest BCUT2D eigenvalue weighted by molar-refractivity contribution is 5.97. The summed E-state index contributed by atoms with van der Waals surface area (Å²) in [5.41, 5.74) is 1.50. The number of allylic oxidation sites excluding steroid dienone is 2. The van der Waals surface area contributed by atoms with Gasteiger partial charge in [-0.1, -0.05) is 18.2 Å². The van der Waals surface area contributed by atoms with Crippen LogP contribution in [-0.2, 0) is 9.59 Å². The Balaban J connectivity index is 1.59. The van der Waals surface area contributed by atoms with Crippen LogP contribution in [0.1, 0.15) is 6.42 Å². The summed E-state index contributed by atoms with van der Waals surface area (Å²) >= 11 is 0. The largest absolute Gasteiger partial charge is 0.550 e. The zero-order valence-corrected chi connectivity index (χ0v) is 12.3. The van der Waals surface area contributed by atoms with Gasteiger partial charge in [0.1, 0.15) is 0 Å². The number of hydrogen-bond donors (Lipinski definition) is 1. The van der Waals surface area contributed by atoms with Crippen LogP contribution in [0, 0.1) is 23.7 Å². The van der Waals surface area contributed by atoms with Crippen molar-refractivity contribution >= 4 is 28.5 Å². The number of nitrogens with zero attached hydrogens (tertiary/aromatic N) is 1. The SMILES string of the molecule is O=C(Nc1ccc2ncccc2c1)[C@@H]1[C@H](C(=O)[O-])[C@H]2C=C[C@@H]1C2. The predicted molar refractivity (Wildman–Crippen MR) is 83.1 cm³/mol. The first-order chi connectivity index (χ1) is 11.1. The number of carboxylic acid groups (broad SMARTS) is 1. The van der Waals surface area contributed by atoms with Crippen LogP contribution in [0.3, 0.4) is 0 Å². The zero-order valence-electron chi connectivity index (χ0n) is 12.3. The summed E-state index contributed by atoms with van der Waals surface area (Å²) in [5.74, 6) is -2.76. The summed E-state index contributed by atoms with van der Waals surface area (Å²) < 4.78 is 0. The van der Waals surface area contributed by atoms with E-state index >= 15 is 0 Å². The van der Waals surface area contributed by atoms with Gasteiger partial charge in [-0.2, -0.15) is 0 Å². The summed E-state index contributed by atoms with van der Waals surface area (Å²) in [6, 6.07) is 9.21. The van der Waals surface area contributed by atoms with Gasteiger partial charge in [-0.05, 0) is 42.5 Å². The molecule has 2 aliphatic rings. The molecular formula is C18H15N2O3-. The number of benzene rings is 1. The monoisotopic (exact) mass is 307 g/mol. The van der Waals surface area contributed by atoms with Gasteiger partial charge >= 0.3 is 0 Å². The van der Waals surface area contributed by atoms with E-state index in [2.05, 4.69) is 10.3 Å². The first kappa shape index (κ1) is 13.9. The Labute approximate surface area is 133 Å². The number of aliphatic carboxylic acids is 1. The number of carbonyl (C=O) groups is 2. The molecule has 0 radical (unpaired) electrons. The van der Waals surface area contributed by atoms with E-state index < -0.39 is 17.8 Å². The lowest BCUT2D eigenvalue weighted by Crippen LogP contribution is -2.42. The van der Waals surface area contributed by atoms with E-state index in [-0.39, 0.29) is 17.7 Å². The summed E-state index contributed by atoms with van der Waals surface area (Å²) in [4.78, 5) is 28.2. The standard InChI is InChI=1S/C18H16N2O3/c21-17(15-11-3-4-12(8-11)16(15)18(22)23)20-13-5-6-14-10(9-13)2-1-7-19-14/h1-7,9,11-12,15-16H,8H2,(H,20,21)(H,22,23)/p-1/t11-,12+,15+,16-/m1/s1. The molecule has 1 N–H and O–H groups in total. The minimum atomic E-state index is -1.13. The fraction of sp³-hybridized carbons (Fsp3) is 0.278. The van der Waals surface area contributed by atoms with Gasteiger partial charge in [0, 0.05) is 29.2 Å². The van der Waals surface area contributed by atoms with Crippen molar-refractivity contribution in [1.29, 1.82) is 0 Å². The maximum Gasteiger partial charge on any atom is 0.228 e. The highest BCUT2D eigenvalue weighted by Crippen LogP contribution is 2.48. The number of rotatable bonds is 3. The third-order valence-corrected chi connectivity index (χ3v) is 4.90. The van der Waals surface area contributed by atoms with E-state index in [4.69, 9.17) is 0 Å². The van der Waals surface area contributed by atoms with Gasteiger partial charge in [-0.3, -0.25) is 9.78 Å². The van der Waals surface area contributed by atoms with Gasteiger partial charge in [-0.25, -0.2) is 0 Å². The van der Waals surface area contributed by atoms with Crippen LogP contribution >= 0.6 is 0 Å². The van der Waals surface area contributed by atoms with E-state index in [1.165, 1.54) is 0 Å². The Kier molecular flexibility index (Phi) is 3.15. The van der Waals surface area contributed by atoms with Gasteiger partial charge in [0.2, 0.25) is 5.91 Å². The number of pyridine rings is 1. The molecule has 0 unspecified atom stereocenters. The van der Waals surface area contributed by atoms with Crippen LogP contribution < -0.4 is 10.4 Å². The molecule has 2 aromatic rings. The van der Waals surface area contributed by atoms with Crippen LogP contribution in [0.5, 0.6) is 0 Å². The fourth-order valence-corrected chi connectivity index (χ4v) is 3.88. The lowest BCUT2D eigenvalue weighted by molar-refractivity contribution is -0.313. The molecule has 2 aliphatic carbocycles. The van der Waals surface area contributed by atoms with Crippen molar-refractivity contribution in [2.75, 3.05) is 5.32 Å².